The summed E-state index contributed by atoms with van der Waals surface area (Å²) in [6.07, 6.45) is 1.20. The first-order valence-corrected chi connectivity index (χ1v) is 7.95. The van der Waals surface area contributed by atoms with Gasteiger partial charge in [0.25, 0.3) is 0 Å². The first-order valence-electron chi connectivity index (χ1n) is 7.95. The number of fused-ring (bicyclic) bond motifs is 1. The average Bonchev–Trinajstić information content (AvgIpc) is 2.80. The van der Waals surface area contributed by atoms with Crippen LogP contribution in [0.2, 0.25) is 0 Å². The Hall–Kier alpha value is -2.49. The van der Waals surface area contributed by atoms with Crippen LogP contribution >= 0.6 is 0 Å². The minimum Gasteiger partial charge on any atom is -0.490 e. The summed E-state index contributed by atoms with van der Waals surface area (Å²) in [6.45, 7) is 3.30. The Morgan fingerprint density at radius 3 is 2.61 bits per heavy atom. The van der Waals surface area contributed by atoms with Crippen molar-refractivity contribution in [1.82, 2.24) is 5.32 Å². The van der Waals surface area contributed by atoms with Gasteiger partial charge in [-0.05, 0) is 30.2 Å². The lowest BCUT2D eigenvalue weighted by Crippen LogP contribution is -2.28. The Bertz CT molecular complexity index is 670. The zero-order valence-corrected chi connectivity index (χ0v) is 13.2. The van der Waals surface area contributed by atoms with Gasteiger partial charge in [-0.25, -0.2) is 0 Å². The second kappa shape index (κ2) is 7.18. The molecule has 23 heavy (non-hydrogen) atoms. The van der Waals surface area contributed by atoms with Crippen molar-refractivity contribution in [3.8, 4) is 11.5 Å². The molecule has 0 saturated heterocycles. The van der Waals surface area contributed by atoms with Gasteiger partial charge in [0.1, 0.15) is 0 Å². The maximum atomic E-state index is 12.2. The zero-order valence-electron chi connectivity index (χ0n) is 13.2. The van der Waals surface area contributed by atoms with E-state index in [1.807, 2.05) is 55.5 Å². The number of hydrogen-bond acceptors (Lipinski definition) is 3. The Kier molecular flexibility index (Phi) is 4.81. The number of rotatable bonds is 4. The summed E-state index contributed by atoms with van der Waals surface area (Å²) in [5.41, 5.74) is 2.02. The van der Waals surface area contributed by atoms with E-state index in [1.165, 1.54) is 0 Å². The van der Waals surface area contributed by atoms with Gasteiger partial charge in [-0.15, -0.1) is 0 Å². The summed E-state index contributed by atoms with van der Waals surface area (Å²) in [4.78, 5) is 12.2. The summed E-state index contributed by atoms with van der Waals surface area (Å²) >= 11 is 0. The summed E-state index contributed by atoms with van der Waals surface area (Å²) in [6, 6.07) is 15.6. The standard InChI is InChI=1S/C19H21NO3/c1-14(16-6-3-2-4-7-16)20-19(21)13-15-8-9-17-18(12-15)23-11-5-10-22-17/h2-4,6-9,12,14H,5,10-11,13H2,1H3,(H,20,21). The van der Waals surface area contributed by atoms with Crippen LogP contribution in [0.15, 0.2) is 48.5 Å². The molecule has 0 bridgehead atoms. The number of ether oxygens (including phenoxy) is 2. The van der Waals surface area contributed by atoms with Crippen LogP contribution in [0.5, 0.6) is 11.5 Å². The van der Waals surface area contributed by atoms with E-state index in [2.05, 4.69) is 5.32 Å². The maximum absolute atomic E-state index is 12.2. The highest BCUT2D eigenvalue weighted by atomic mass is 16.5. The molecular weight excluding hydrogens is 290 g/mol. The summed E-state index contributed by atoms with van der Waals surface area (Å²) in [5, 5.41) is 3.03. The maximum Gasteiger partial charge on any atom is 0.224 e. The van der Waals surface area contributed by atoms with Crippen molar-refractivity contribution in [2.24, 2.45) is 0 Å². The molecule has 1 amide bonds. The predicted molar refractivity (Wildman–Crippen MR) is 88.8 cm³/mol. The number of hydrogen-bond donors (Lipinski definition) is 1. The smallest absolute Gasteiger partial charge is 0.224 e. The van der Waals surface area contributed by atoms with Gasteiger partial charge in [0, 0.05) is 6.42 Å². The molecule has 0 aliphatic carbocycles. The van der Waals surface area contributed by atoms with Crippen molar-refractivity contribution < 1.29 is 14.3 Å². The quantitative estimate of drug-likeness (QED) is 0.942. The second-order valence-electron chi connectivity index (χ2n) is 5.71. The molecule has 1 aliphatic rings. The SMILES string of the molecule is CC(NC(=O)Cc1ccc2c(c1)OCCCO2)c1ccccc1. The molecule has 1 atom stereocenters. The van der Waals surface area contributed by atoms with Gasteiger partial charge in [0.15, 0.2) is 11.5 Å². The molecule has 0 saturated carbocycles. The molecule has 1 unspecified atom stereocenters. The molecule has 0 fully saturated rings. The first-order chi connectivity index (χ1) is 11.2. The lowest BCUT2D eigenvalue weighted by atomic mass is 10.1. The summed E-state index contributed by atoms with van der Waals surface area (Å²) in [5.74, 6) is 1.48. The Labute approximate surface area is 136 Å². The largest absolute Gasteiger partial charge is 0.490 e. The fourth-order valence-electron chi connectivity index (χ4n) is 2.62. The fourth-order valence-corrected chi connectivity index (χ4v) is 2.62. The highest BCUT2D eigenvalue weighted by Gasteiger charge is 2.14. The van der Waals surface area contributed by atoms with Crippen molar-refractivity contribution in [2.75, 3.05) is 13.2 Å². The highest BCUT2D eigenvalue weighted by molar-refractivity contribution is 5.79. The third-order valence-corrected chi connectivity index (χ3v) is 3.85. The minimum absolute atomic E-state index is 0.00385. The summed E-state index contributed by atoms with van der Waals surface area (Å²) < 4.78 is 11.3. The van der Waals surface area contributed by atoms with Gasteiger partial charge in [-0.2, -0.15) is 0 Å². The predicted octanol–water partition coefficient (Wildman–Crippen LogP) is 3.27. The van der Waals surface area contributed by atoms with Crippen LogP contribution in [-0.4, -0.2) is 19.1 Å². The van der Waals surface area contributed by atoms with Crippen LogP contribution in [0.4, 0.5) is 0 Å². The third kappa shape index (κ3) is 4.03. The number of carbonyl (C=O) groups excluding carboxylic acids is 1. The van der Waals surface area contributed by atoms with E-state index in [4.69, 9.17) is 9.47 Å². The molecule has 3 rings (SSSR count). The number of nitrogens with one attached hydrogen (secondary N) is 1. The fraction of sp³-hybridized carbons (Fsp3) is 0.316. The van der Waals surface area contributed by atoms with Crippen molar-refractivity contribution in [1.29, 1.82) is 0 Å². The molecule has 1 N–H and O–H groups in total. The molecule has 2 aromatic rings. The van der Waals surface area contributed by atoms with Crippen LogP contribution in [0.1, 0.15) is 30.5 Å². The number of amides is 1. The van der Waals surface area contributed by atoms with E-state index in [9.17, 15) is 4.79 Å². The molecule has 120 valence electrons. The van der Waals surface area contributed by atoms with Gasteiger partial charge >= 0.3 is 0 Å². The number of carbonyl (C=O) groups is 1. The van der Waals surface area contributed by atoms with E-state index >= 15 is 0 Å². The van der Waals surface area contributed by atoms with Gasteiger partial charge in [0.2, 0.25) is 5.91 Å². The Morgan fingerprint density at radius 1 is 1.09 bits per heavy atom. The van der Waals surface area contributed by atoms with Crippen LogP contribution in [0, 0.1) is 0 Å². The Morgan fingerprint density at radius 2 is 1.83 bits per heavy atom. The van der Waals surface area contributed by atoms with Crippen LogP contribution in [0.25, 0.3) is 0 Å². The third-order valence-electron chi connectivity index (χ3n) is 3.85. The Balaban J connectivity index is 1.63. The second-order valence-corrected chi connectivity index (χ2v) is 5.71. The average molecular weight is 311 g/mol. The molecule has 1 heterocycles. The lowest BCUT2D eigenvalue weighted by molar-refractivity contribution is -0.121. The molecule has 1 aliphatic heterocycles. The van der Waals surface area contributed by atoms with Gasteiger partial charge in [-0.1, -0.05) is 36.4 Å². The molecule has 0 spiro atoms. The molecule has 0 aromatic heterocycles. The monoisotopic (exact) mass is 311 g/mol. The van der Waals surface area contributed by atoms with Gasteiger partial charge < -0.3 is 14.8 Å². The van der Waals surface area contributed by atoms with Gasteiger partial charge in [-0.3, -0.25) is 4.79 Å². The van der Waals surface area contributed by atoms with Crippen molar-refractivity contribution in [3.63, 3.8) is 0 Å². The normalized spacial score (nSPS) is 14.7. The molecular formula is C19H21NO3. The van der Waals surface area contributed by atoms with E-state index in [1.54, 1.807) is 0 Å². The zero-order chi connectivity index (χ0) is 16.1. The van der Waals surface area contributed by atoms with E-state index in [0.29, 0.717) is 19.6 Å². The minimum atomic E-state index is -0.0101. The molecule has 4 nitrogen and oxygen atoms in total. The van der Waals surface area contributed by atoms with Gasteiger partial charge in [0.05, 0.1) is 25.7 Å². The molecule has 0 radical (unpaired) electrons. The lowest BCUT2D eigenvalue weighted by Gasteiger charge is -2.15. The van der Waals surface area contributed by atoms with E-state index in [0.717, 1.165) is 29.0 Å². The molecule has 4 heteroatoms. The summed E-state index contributed by atoms with van der Waals surface area (Å²) in [7, 11) is 0. The van der Waals surface area contributed by atoms with Crippen molar-refractivity contribution in [3.05, 3.63) is 59.7 Å². The van der Waals surface area contributed by atoms with Crippen LogP contribution < -0.4 is 14.8 Å². The van der Waals surface area contributed by atoms with Crippen molar-refractivity contribution in [2.45, 2.75) is 25.8 Å². The van der Waals surface area contributed by atoms with E-state index < -0.39 is 0 Å². The van der Waals surface area contributed by atoms with Crippen molar-refractivity contribution >= 4 is 5.91 Å². The highest BCUT2D eigenvalue weighted by Crippen LogP contribution is 2.30. The first kappa shape index (κ1) is 15.4. The van der Waals surface area contributed by atoms with Crippen LogP contribution in [-0.2, 0) is 11.2 Å². The topological polar surface area (TPSA) is 47.6 Å². The number of benzene rings is 2. The van der Waals surface area contributed by atoms with E-state index in [-0.39, 0.29) is 11.9 Å². The van der Waals surface area contributed by atoms with Crippen LogP contribution in [0.3, 0.4) is 0 Å². The molecule has 2 aromatic carbocycles.